The van der Waals surface area contributed by atoms with Gasteiger partial charge in [-0.3, -0.25) is 5.32 Å². The lowest BCUT2D eigenvalue weighted by molar-refractivity contribution is 0.251. The molecule has 17 heavy (non-hydrogen) atoms. The van der Waals surface area contributed by atoms with Gasteiger partial charge in [-0.2, -0.15) is 0 Å². The topological polar surface area (TPSA) is 80.0 Å². The smallest absolute Gasteiger partial charge is 0.320 e. The Hall–Kier alpha value is -2.06. The van der Waals surface area contributed by atoms with E-state index in [-0.39, 0.29) is 6.03 Å². The van der Waals surface area contributed by atoms with Crippen LogP contribution >= 0.6 is 0 Å². The van der Waals surface area contributed by atoms with Crippen molar-refractivity contribution in [2.24, 2.45) is 5.73 Å². The van der Waals surface area contributed by atoms with E-state index in [2.05, 4.69) is 27.5 Å². The molecule has 2 rings (SSSR count). The van der Waals surface area contributed by atoms with E-state index in [0.717, 1.165) is 18.4 Å². The van der Waals surface area contributed by atoms with Crippen LogP contribution in [0.2, 0.25) is 0 Å². The molecule has 1 aliphatic carbocycles. The Kier molecular flexibility index (Phi) is 3.58. The molecule has 0 radical (unpaired) electrons. The summed E-state index contributed by atoms with van der Waals surface area (Å²) in [5, 5.41) is 5.49. The Morgan fingerprint density at radius 2 is 2.41 bits per heavy atom. The molecule has 0 saturated heterocycles. The molecule has 0 aromatic carbocycles. The number of nitrogens with two attached hydrogens (primary N) is 1. The first-order valence-corrected chi connectivity index (χ1v) is 5.50. The van der Waals surface area contributed by atoms with Crippen molar-refractivity contribution in [3.05, 3.63) is 23.9 Å². The second-order valence-corrected chi connectivity index (χ2v) is 3.81. The number of anilines is 1. The maximum absolute atomic E-state index is 11.5. The van der Waals surface area contributed by atoms with Crippen LogP contribution in [0.5, 0.6) is 0 Å². The van der Waals surface area contributed by atoms with Crippen molar-refractivity contribution in [3.63, 3.8) is 0 Å². The van der Waals surface area contributed by atoms with E-state index in [1.165, 1.54) is 0 Å². The predicted octanol–water partition coefficient (Wildman–Crippen LogP) is 0.676. The minimum absolute atomic E-state index is 0.219. The lowest BCUT2D eigenvalue weighted by Gasteiger charge is -2.05. The quantitative estimate of drug-likeness (QED) is 0.653. The first kappa shape index (κ1) is 11.4. The van der Waals surface area contributed by atoms with Gasteiger partial charge in [-0.25, -0.2) is 9.78 Å². The van der Waals surface area contributed by atoms with Gasteiger partial charge in [0.1, 0.15) is 5.82 Å². The highest BCUT2D eigenvalue weighted by atomic mass is 16.2. The van der Waals surface area contributed by atoms with Crippen LogP contribution in [0.25, 0.3) is 0 Å². The second kappa shape index (κ2) is 5.32. The summed E-state index contributed by atoms with van der Waals surface area (Å²) in [7, 11) is 0. The molecule has 1 heterocycles. The Balaban J connectivity index is 1.97. The molecule has 1 aromatic heterocycles. The maximum atomic E-state index is 11.5. The van der Waals surface area contributed by atoms with Crippen LogP contribution in [-0.4, -0.2) is 23.6 Å². The van der Waals surface area contributed by atoms with Crippen molar-refractivity contribution < 1.29 is 4.79 Å². The fourth-order valence-corrected chi connectivity index (χ4v) is 1.30. The summed E-state index contributed by atoms with van der Waals surface area (Å²) in [6.07, 6.45) is 3.72. The first-order chi connectivity index (χ1) is 8.28. The summed E-state index contributed by atoms with van der Waals surface area (Å²) < 4.78 is 0. The monoisotopic (exact) mass is 230 g/mol. The predicted molar refractivity (Wildman–Crippen MR) is 65.3 cm³/mol. The van der Waals surface area contributed by atoms with Crippen LogP contribution in [0.3, 0.4) is 0 Å². The number of rotatable bonds is 2. The molecule has 1 aromatic rings. The first-order valence-electron chi connectivity index (χ1n) is 5.50. The van der Waals surface area contributed by atoms with Gasteiger partial charge in [0.25, 0.3) is 0 Å². The summed E-state index contributed by atoms with van der Waals surface area (Å²) in [6, 6.07) is 3.60. The Labute approximate surface area is 99.8 Å². The van der Waals surface area contributed by atoms with Crippen molar-refractivity contribution >= 4 is 11.8 Å². The molecule has 0 aliphatic heterocycles. The largest absolute Gasteiger partial charge is 0.335 e. The average Bonchev–Trinajstić information content (AvgIpc) is 3.10. The van der Waals surface area contributed by atoms with E-state index >= 15 is 0 Å². The van der Waals surface area contributed by atoms with E-state index in [1.54, 1.807) is 18.3 Å². The third-order valence-corrected chi connectivity index (χ3v) is 2.25. The molecule has 0 spiro atoms. The van der Waals surface area contributed by atoms with E-state index in [4.69, 9.17) is 5.73 Å². The van der Waals surface area contributed by atoms with Crippen LogP contribution in [-0.2, 0) is 0 Å². The number of nitrogens with one attached hydrogen (secondary N) is 2. The van der Waals surface area contributed by atoms with Crippen LogP contribution in [0, 0.1) is 11.8 Å². The molecule has 1 aliphatic rings. The summed E-state index contributed by atoms with van der Waals surface area (Å²) in [5.74, 6) is 6.13. The van der Waals surface area contributed by atoms with Crippen molar-refractivity contribution in [2.75, 3.05) is 11.9 Å². The molecule has 0 atom stereocenters. The third kappa shape index (κ3) is 3.78. The number of urea groups is 1. The molecule has 2 amide bonds. The molecule has 88 valence electrons. The van der Waals surface area contributed by atoms with Crippen molar-refractivity contribution in [3.8, 4) is 11.8 Å². The Morgan fingerprint density at radius 1 is 1.59 bits per heavy atom. The SMILES string of the molecule is NCC#Cc1ccnc(NC(=O)NC2CC2)c1. The summed E-state index contributed by atoms with van der Waals surface area (Å²) in [6.45, 7) is 0.313. The van der Waals surface area contributed by atoms with E-state index in [9.17, 15) is 4.79 Å². The van der Waals surface area contributed by atoms with E-state index in [1.807, 2.05) is 0 Å². The fourth-order valence-electron chi connectivity index (χ4n) is 1.30. The number of aromatic nitrogens is 1. The standard InChI is InChI=1S/C12H14N4O/c13-6-1-2-9-5-7-14-11(8-9)16-12(17)15-10-3-4-10/h5,7-8,10H,3-4,6,13H2,(H2,14,15,16,17). The molecule has 1 saturated carbocycles. The van der Waals surface area contributed by atoms with Gasteiger partial charge in [0.05, 0.1) is 6.54 Å². The van der Waals surface area contributed by atoms with Gasteiger partial charge in [0.2, 0.25) is 0 Å². The fraction of sp³-hybridized carbons (Fsp3) is 0.333. The van der Waals surface area contributed by atoms with Crippen LogP contribution in [0.15, 0.2) is 18.3 Å². The Morgan fingerprint density at radius 3 is 3.12 bits per heavy atom. The van der Waals surface area contributed by atoms with E-state index < -0.39 is 0 Å². The molecule has 5 heteroatoms. The van der Waals surface area contributed by atoms with Crippen LogP contribution in [0.1, 0.15) is 18.4 Å². The van der Waals surface area contributed by atoms with Crippen LogP contribution in [0.4, 0.5) is 10.6 Å². The van der Waals surface area contributed by atoms with Gasteiger partial charge in [0, 0.05) is 17.8 Å². The second-order valence-electron chi connectivity index (χ2n) is 3.81. The number of hydrogen-bond donors (Lipinski definition) is 3. The van der Waals surface area contributed by atoms with Crippen molar-refractivity contribution in [1.82, 2.24) is 10.3 Å². The highest BCUT2D eigenvalue weighted by Gasteiger charge is 2.23. The van der Waals surface area contributed by atoms with Crippen molar-refractivity contribution in [2.45, 2.75) is 18.9 Å². The highest BCUT2D eigenvalue weighted by Crippen LogP contribution is 2.18. The lowest BCUT2D eigenvalue weighted by Crippen LogP contribution is -2.30. The lowest BCUT2D eigenvalue weighted by atomic mass is 10.2. The number of hydrogen-bond acceptors (Lipinski definition) is 3. The highest BCUT2D eigenvalue weighted by molar-refractivity contribution is 5.88. The Bertz CT molecular complexity index is 471. The minimum atomic E-state index is -0.219. The molecular weight excluding hydrogens is 216 g/mol. The zero-order valence-electron chi connectivity index (χ0n) is 9.36. The molecule has 0 bridgehead atoms. The number of pyridine rings is 1. The maximum Gasteiger partial charge on any atom is 0.320 e. The zero-order chi connectivity index (χ0) is 12.1. The number of nitrogens with zero attached hydrogens (tertiary/aromatic N) is 1. The molecule has 4 N–H and O–H groups in total. The van der Waals surface area contributed by atoms with Gasteiger partial charge in [-0.1, -0.05) is 11.8 Å². The minimum Gasteiger partial charge on any atom is -0.335 e. The van der Waals surface area contributed by atoms with Gasteiger partial charge >= 0.3 is 6.03 Å². The normalized spacial score (nSPS) is 13.5. The summed E-state index contributed by atoms with van der Waals surface area (Å²) in [5.41, 5.74) is 6.07. The molecule has 5 nitrogen and oxygen atoms in total. The number of amides is 2. The van der Waals surface area contributed by atoms with Crippen molar-refractivity contribution in [1.29, 1.82) is 0 Å². The van der Waals surface area contributed by atoms with Gasteiger partial charge < -0.3 is 11.1 Å². The summed E-state index contributed by atoms with van der Waals surface area (Å²) >= 11 is 0. The van der Waals surface area contributed by atoms with Gasteiger partial charge in [-0.15, -0.1) is 0 Å². The number of carbonyl (C=O) groups excluding carboxylic acids is 1. The number of carbonyl (C=O) groups is 1. The van der Waals surface area contributed by atoms with Gasteiger partial charge in [0.15, 0.2) is 0 Å². The molecular formula is C12H14N4O. The average molecular weight is 230 g/mol. The molecule has 1 fully saturated rings. The zero-order valence-corrected chi connectivity index (χ0v) is 9.36. The van der Waals surface area contributed by atoms with E-state index in [0.29, 0.717) is 18.4 Å². The third-order valence-electron chi connectivity index (χ3n) is 2.25. The molecule has 0 unspecified atom stereocenters. The van der Waals surface area contributed by atoms with Gasteiger partial charge in [-0.05, 0) is 25.0 Å². The summed E-state index contributed by atoms with van der Waals surface area (Å²) in [4.78, 5) is 15.5. The van der Waals surface area contributed by atoms with Crippen LogP contribution < -0.4 is 16.4 Å².